The van der Waals surface area contributed by atoms with Gasteiger partial charge in [-0.2, -0.15) is 0 Å². The molecule has 2 bridgehead atoms. The van der Waals surface area contributed by atoms with Gasteiger partial charge in [0.15, 0.2) is 0 Å². The Hall–Kier alpha value is -3.68. The Balaban J connectivity index is 1.31. The number of carboxylic acids is 1. The van der Waals surface area contributed by atoms with Crippen molar-refractivity contribution >= 4 is 28.5 Å². The van der Waals surface area contributed by atoms with E-state index in [-0.39, 0.29) is 28.5 Å². The van der Waals surface area contributed by atoms with Crippen molar-refractivity contribution in [2.24, 2.45) is 18.4 Å². The number of aryl methyl sites for hydroxylation is 1. The van der Waals surface area contributed by atoms with Gasteiger partial charge in [0.2, 0.25) is 5.91 Å². The topological polar surface area (TPSA) is 105 Å². The molecule has 2 aromatic carbocycles. The van der Waals surface area contributed by atoms with Gasteiger partial charge in [0.25, 0.3) is 5.56 Å². The summed E-state index contributed by atoms with van der Waals surface area (Å²) in [5.74, 6) is 0.962. The van der Waals surface area contributed by atoms with Crippen LogP contribution in [0.2, 0.25) is 0 Å². The second kappa shape index (κ2) is 8.96. The van der Waals surface area contributed by atoms with Gasteiger partial charge in [-0.3, -0.25) is 14.2 Å². The molecule has 8 heteroatoms. The molecule has 3 saturated carbocycles. The van der Waals surface area contributed by atoms with E-state index in [1.54, 1.807) is 35.9 Å². The second-order valence-electron chi connectivity index (χ2n) is 11.6. The van der Waals surface area contributed by atoms with E-state index in [2.05, 4.69) is 5.32 Å². The van der Waals surface area contributed by atoms with Crippen LogP contribution in [0.1, 0.15) is 78.3 Å². The fraction of sp³-hybridized carbons (Fsp3) is 0.467. The summed E-state index contributed by atoms with van der Waals surface area (Å²) in [5, 5.41) is 13.5. The van der Waals surface area contributed by atoms with Gasteiger partial charge < -0.3 is 15.3 Å². The molecule has 4 fully saturated rings. The highest BCUT2D eigenvalue weighted by atomic mass is 16.4. The molecule has 198 valence electrons. The zero-order valence-corrected chi connectivity index (χ0v) is 22.2. The number of fused-ring (bicyclic) bond motifs is 1. The number of hydrogen-bond acceptors (Lipinski definition) is 5. The zero-order chi connectivity index (χ0) is 26.8. The van der Waals surface area contributed by atoms with E-state index in [4.69, 9.17) is 4.98 Å². The number of nitrogens with zero attached hydrogens (tertiary/aromatic N) is 3. The van der Waals surface area contributed by atoms with Crippen molar-refractivity contribution in [1.82, 2.24) is 14.5 Å². The lowest BCUT2D eigenvalue weighted by atomic mass is 9.44. The van der Waals surface area contributed by atoms with Gasteiger partial charge in [0, 0.05) is 37.3 Å². The summed E-state index contributed by atoms with van der Waals surface area (Å²) in [7, 11) is 1.79. The minimum absolute atomic E-state index is 0.0548. The molecular weight excluding hydrogens is 480 g/mol. The number of likely N-dealkylation sites (tertiary alicyclic amines) is 1. The maximum atomic E-state index is 13.5. The first-order valence-electron chi connectivity index (χ1n) is 13.6. The first-order chi connectivity index (χ1) is 18.2. The predicted octanol–water partition coefficient (Wildman–Crippen LogP) is 4.62. The Labute approximate surface area is 221 Å². The SMILES string of the molecule is Cc1cc([C@@H](C)Nc2ccccc2C(=O)O)c2nc(C3CCN(C(=O)C45CC(C4)C5)CC3)n(C)c(=O)c2c1. The maximum Gasteiger partial charge on any atom is 0.337 e. The average molecular weight is 515 g/mol. The van der Waals surface area contributed by atoms with Crippen LogP contribution in [0.3, 0.4) is 0 Å². The van der Waals surface area contributed by atoms with E-state index in [1.807, 2.05) is 30.9 Å². The van der Waals surface area contributed by atoms with Gasteiger partial charge in [-0.25, -0.2) is 9.78 Å². The molecule has 8 nitrogen and oxygen atoms in total. The van der Waals surface area contributed by atoms with E-state index in [1.165, 1.54) is 0 Å². The van der Waals surface area contributed by atoms with Gasteiger partial charge in [0.05, 0.1) is 27.9 Å². The molecule has 3 aromatic rings. The van der Waals surface area contributed by atoms with E-state index in [0.717, 1.165) is 55.0 Å². The fourth-order valence-corrected chi connectivity index (χ4v) is 6.79. The monoisotopic (exact) mass is 514 g/mol. The molecule has 0 spiro atoms. The molecule has 0 radical (unpaired) electrons. The number of benzene rings is 2. The molecule has 1 saturated heterocycles. The van der Waals surface area contributed by atoms with Crippen LogP contribution in [0.15, 0.2) is 41.2 Å². The van der Waals surface area contributed by atoms with Gasteiger partial charge in [-0.1, -0.05) is 18.2 Å². The Bertz CT molecular complexity index is 1500. The minimum atomic E-state index is -0.998. The van der Waals surface area contributed by atoms with Crippen LogP contribution < -0.4 is 10.9 Å². The van der Waals surface area contributed by atoms with Crippen LogP contribution in [0, 0.1) is 18.3 Å². The van der Waals surface area contributed by atoms with Crippen molar-refractivity contribution in [1.29, 1.82) is 0 Å². The van der Waals surface area contributed by atoms with Crippen LogP contribution >= 0.6 is 0 Å². The molecule has 1 atom stereocenters. The molecule has 1 aromatic heterocycles. The van der Waals surface area contributed by atoms with Crippen LogP contribution in [0.25, 0.3) is 10.9 Å². The van der Waals surface area contributed by atoms with Crippen molar-refractivity contribution in [3.63, 3.8) is 0 Å². The third-order valence-corrected chi connectivity index (χ3v) is 9.02. The lowest BCUT2D eigenvalue weighted by Gasteiger charge is -2.61. The van der Waals surface area contributed by atoms with Crippen molar-refractivity contribution < 1.29 is 14.7 Å². The summed E-state index contributed by atoms with van der Waals surface area (Å²) in [4.78, 5) is 45.4. The normalized spacial score (nSPS) is 23.4. The maximum absolute atomic E-state index is 13.5. The third-order valence-electron chi connectivity index (χ3n) is 9.02. The van der Waals surface area contributed by atoms with Crippen LogP contribution in [-0.4, -0.2) is 44.5 Å². The van der Waals surface area contributed by atoms with Crippen molar-refractivity contribution in [2.45, 2.75) is 57.9 Å². The molecule has 0 unspecified atom stereocenters. The number of nitrogens with one attached hydrogen (secondary N) is 1. The van der Waals surface area contributed by atoms with Crippen molar-refractivity contribution in [3.8, 4) is 0 Å². The van der Waals surface area contributed by atoms with Gasteiger partial charge in [-0.05, 0) is 75.6 Å². The van der Waals surface area contributed by atoms with Crippen LogP contribution in [-0.2, 0) is 11.8 Å². The molecule has 2 N–H and O–H groups in total. The number of anilines is 1. The summed E-state index contributed by atoms with van der Waals surface area (Å²) in [5.41, 5.74) is 3.03. The lowest BCUT2D eigenvalue weighted by Crippen LogP contribution is -2.61. The van der Waals surface area contributed by atoms with Gasteiger partial charge in [-0.15, -0.1) is 0 Å². The highest BCUT2D eigenvalue weighted by Gasteiger charge is 2.62. The number of carboxylic acid groups (broad SMARTS) is 1. The zero-order valence-electron chi connectivity index (χ0n) is 22.2. The number of carbonyl (C=O) groups is 2. The summed E-state index contributed by atoms with van der Waals surface area (Å²) in [6.45, 7) is 5.32. The Morgan fingerprint density at radius 3 is 2.45 bits per heavy atom. The standard InChI is InChI=1S/C30H34N4O4/c1-17-12-22(18(2)31-24-7-5-4-6-21(24)28(36)37)25-23(13-17)27(35)33(3)26(32-25)20-8-10-34(11-9-20)29(38)30-14-19(15-30)16-30/h4-7,12-13,18-20,31H,8-11,14-16H2,1-3H3,(H,36,37)/t18-,19?,30?/m1/s1. The average Bonchev–Trinajstić information content (AvgIpc) is 2.84. The molecule has 38 heavy (non-hydrogen) atoms. The molecule has 1 aliphatic heterocycles. The Morgan fingerprint density at radius 1 is 1.13 bits per heavy atom. The summed E-state index contributed by atoms with van der Waals surface area (Å²) in [6.07, 6.45) is 4.78. The van der Waals surface area contributed by atoms with Crippen LogP contribution in [0.4, 0.5) is 5.69 Å². The van der Waals surface area contributed by atoms with Gasteiger partial charge in [0.1, 0.15) is 5.82 Å². The van der Waals surface area contributed by atoms with E-state index < -0.39 is 5.97 Å². The largest absolute Gasteiger partial charge is 0.478 e. The number of amides is 1. The van der Waals surface area contributed by atoms with Crippen LogP contribution in [0.5, 0.6) is 0 Å². The van der Waals surface area contributed by atoms with E-state index in [9.17, 15) is 19.5 Å². The number of rotatable bonds is 6. The molecular formula is C30H34N4O4. The molecule has 2 heterocycles. The highest BCUT2D eigenvalue weighted by molar-refractivity contribution is 5.94. The quantitative estimate of drug-likeness (QED) is 0.498. The van der Waals surface area contributed by atoms with Gasteiger partial charge >= 0.3 is 5.97 Å². The minimum Gasteiger partial charge on any atom is -0.478 e. The molecule has 3 aliphatic carbocycles. The summed E-state index contributed by atoms with van der Waals surface area (Å²) >= 11 is 0. The Kier molecular flexibility index (Phi) is 5.81. The fourth-order valence-electron chi connectivity index (χ4n) is 6.79. The summed E-state index contributed by atoms with van der Waals surface area (Å²) in [6, 6.07) is 10.4. The van der Waals surface area contributed by atoms with E-state index >= 15 is 0 Å². The number of piperidine rings is 1. The lowest BCUT2D eigenvalue weighted by molar-refractivity contribution is -0.177. The number of carbonyl (C=O) groups excluding carboxylic acids is 1. The van der Waals surface area contributed by atoms with Crippen molar-refractivity contribution in [2.75, 3.05) is 18.4 Å². The Morgan fingerprint density at radius 2 is 1.82 bits per heavy atom. The highest BCUT2D eigenvalue weighted by Crippen LogP contribution is 2.65. The number of para-hydroxylation sites is 1. The molecule has 1 amide bonds. The number of hydrogen-bond donors (Lipinski definition) is 2. The summed E-state index contributed by atoms with van der Waals surface area (Å²) < 4.78 is 1.67. The first-order valence-corrected chi connectivity index (χ1v) is 13.6. The number of aromatic nitrogens is 2. The number of aromatic carboxylic acids is 1. The van der Waals surface area contributed by atoms with E-state index in [0.29, 0.717) is 35.6 Å². The smallest absolute Gasteiger partial charge is 0.337 e. The predicted molar refractivity (Wildman–Crippen MR) is 145 cm³/mol. The third kappa shape index (κ3) is 3.89. The second-order valence-corrected chi connectivity index (χ2v) is 11.6. The molecule has 7 rings (SSSR count). The van der Waals surface area contributed by atoms with Crippen molar-refractivity contribution in [3.05, 3.63) is 69.3 Å². The molecule has 4 aliphatic rings. The first kappa shape index (κ1) is 24.6.